The Morgan fingerprint density at radius 1 is 1.44 bits per heavy atom. The van der Waals surface area contributed by atoms with Gasteiger partial charge in [-0.2, -0.15) is 0 Å². The molecule has 0 saturated carbocycles. The first-order valence-electron chi connectivity index (χ1n) is 8.12. The number of amidine groups is 1. The van der Waals surface area contributed by atoms with Crippen LogP contribution in [0.15, 0.2) is 35.7 Å². The van der Waals surface area contributed by atoms with Crippen LogP contribution in [-0.4, -0.2) is 45.0 Å². The Balaban J connectivity index is 1.84. The zero-order chi connectivity index (χ0) is 19.4. The van der Waals surface area contributed by atoms with E-state index in [2.05, 4.69) is 25.3 Å². The Kier molecular flexibility index (Phi) is 5.66. The van der Waals surface area contributed by atoms with Gasteiger partial charge >= 0.3 is 0 Å². The van der Waals surface area contributed by atoms with Gasteiger partial charge in [-0.05, 0) is 19.1 Å². The standard InChI is InChI=1S/C17H19FN6O2S/c1-17(14(26-2)9-27-16(19)24-17)13-5-10(3-4-20-13)23-15(25)12-8-21-11(6-18)7-22-12/h3-5,7-8,14H,6,9H2,1-2H3,(H2,19,24)(H,20,23,25)/t14?,17-/m1/s1. The van der Waals surface area contributed by atoms with E-state index in [-0.39, 0.29) is 17.5 Å². The highest BCUT2D eigenvalue weighted by Crippen LogP contribution is 2.36. The Morgan fingerprint density at radius 2 is 2.26 bits per heavy atom. The molecule has 3 rings (SSSR count). The lowest BCUT2D eigenvalue weighted by Crippen LogP contribution is -2.43. The fourth-order valence-electron chi connectivity index (χ4n) is 2.70. The van der Waals surface area contributed by atoms with Gasteiger partial charge in [0.15, 0.2) is 5.17 Å². The summed E-state index contributed by atoms with van der Waals surface area (Å²) < 4.78 is 18.1. The van der Waals surface area contributed by atoms with E-state index in [0.29, 0.717) is 22.3 Å². The van der Waals surface area contributed by atoms with Gasteiger partial charge < -0.3 is 15.8 Å². The number of methoxy groups -OCH3 is 1. The van der Waals surface area contributed by atoms with Crippen LogP contribution in [0.3, 0.4) is 0 Å². The van der Waals surface area contributed by atoms with Crippen molar-refractivity contribution in [1.29, 1.82) is 0 Å². The quantitative estimate of drug-likeness (QED) is 0.801. The molecule has 0 bridgehead atoms. The van der Waals surface area contributed by atoms with Crippen LogP contribution < -0.4 is 11.1 Å². The number of aliphatic imine (C=N–C) groups is 1. The summed E-state index contributed by atoms with van der Waals surface area (Å²) in [6.45, 7) is 1.16. The van der Waals surface area contributed by atoms with Gasteiger partial charge in [-0.25, -0.2) is 14.4 Å². The molecule has 8 nitrogen and oxygen atoms in total. The van der Waals surface area contributed by atoms with E-state index in [9.17, 15) is 9.18 Å². The summed E-state index contributed by atoms with van der Waals surface area (Å²) >= 11 is 1.43. The molecule has 10 heteroatoms. The van der Waals surface area contributed by atoms with Crippen molar-refractivity contribution >= 4 is 28.5 Å². The number of nitrogens with one attached hydrogen (secondary N) is 1. The number of hydrogen-bond donors (Lipinski definition) is 2. The summed E-state index contributed by atoms with van der Waals surface area (Å²) in [7, 11) is 1.62. The van der Waals surface area contributed by atoms with Crippen LogP contribution >= 0.6 is 11.8 Å². The van der Waals surface area contributed by atoms with E-state index in [1.807, 2.05) is 6.92 Å². The van der Waals surface area contributed by atoms with Crippen molar-refractivity contribution in [3.05, 3.63) is 47.8 Å². The van der Waals surface area contributed by atoms with Crippen molar-refractivity contribution in [3.8, 4) is 0 Å². The average molecular weight is 390 g/mol. The molecule has 142 valence electrons. The number of amides is 1. The van der Waals surface area contributed by atoms with E-state index in [0.717, 1.165) is 0 Å². The number of halogens is 1. The van der Waals surface area contributed by atoms with E-state index in [4.69, 9.17) is 10.5 Å². The van der Waals surface area contributed by atoms with Crippen molar-refractivity contribution in [2.24, 2.45) is 10.7 Å². The second kappa shape index (κ2) is 7.97. The summed E-state index contributed by atoms with van der Waals surface area (Å²) in [6, 6.07) is 3.38. The van der Waals surface area contributed by atoms with Crippen molar-refractivity contribution in [1.82, 2.24) is 15.0 Å². The molecular formula is C17H19FN6O2S. The third-order valence-electron chi connectivity index (χ3n) is 4.25. The molecule has 0 aromatic carbocycles. The molecule has 2 atom stereocenters. The predicted octanol–water partition coefficient (Wildman–Crippen LogP) is 1.89. The van der Waals surface area contributed by atoms with Gasteiger partial charge in [-0.3, -0.25) is 14.8 Å². The van der Waals surface area contributed by atoms with Crippen molar-refractivity contribution in [2.75, 3.05) is 18.2 Å². The minimum absolute atomic E-state index is 0.0860. The van der Waals surface area contributed by atoms with Gasteiger partial charge in [-0.1, -0.05) is 11.8 Å². The number of ether oxygens (including phenoxy) is 1. The number of pyridine rings is 1. The van der Waals surface area contributed by atoms with Gasteiger partial charge in [0, 0.05) is 24.7 Å². The fourth-order valence-corrected chi connectivity index (χ4v) is 3.73. The third-order valence-corrected chi connectivity index (χ3v) is 5.10. The van der Waals surface area contributed by atoms with Crippen LogP contribution in [0, 0.1) is 0 Å². The molecule has 1 aliphatic heterocycles. The highest BCUT2D eigenvalue weighted by atomic mass is 32.2. The monoisotopic (exact) mass is 390 g/mol. The molecule has 3 N–H and O–H groups in total. The average Bonchev–Trinajstić information content (AvgIpc) is 2.68. The number of alkyl halides is 1. The first-order valence-corrected chi connectivity index (χ1v) is 9.10. The van der Waals surface area contributed by atoms with Crippen LogP contribution in [-0.2, 0) is 17.0 Å². The summed E-state index contributed by atoms with van der Waals surface area (Å²) in [5, 5.41) is 3.20. The van der Waals surface area contributed by atoms with Crippen molar-refractivity contribution < 1.29 is 13.9 Å². The number of carbonyl (C=O) groups excluding carboxylic acids is 1. The van der Waals surface area contributed by atoms with Crippen LogP contribution in [0.4, 0.5) is 10.1 Å². The number of hydrogen-bond acceptors (Lipinski definition) is 8. The predicted molar refractivity (Wildman–Crippen MR) is 101 cm³/mol. The Morgan fingerprint density at radius 3 is 2.93 bits per heavy atom. The fraction of sp³-hybridized carbons (Fsp3) is 0.353. The Labute approximate surface area is 159 Å². The molecule has 0 spiro atoms. The maximum Gasteiger partial charge on any atom is 0.275 e. The largest absolute Gasteiger partial charge is 0.379 e. The number of rotatable bonds is 5. The molecule has 1 amide bonds. The van der Waals surface area contributed by atoms with Gasteiger partial charge in [0.2, 0.25) is 0 Å². The van der Waals surface area contributed by atoms with E-state index < -0.39 is 18.1 Å². The maximum absolute atomic E-state index is 12.5. The van der Waals surface area contributed by atoms with Crippen molar-refractivity contribution in [2.45, 2.75) is 25.2 Å². The maximum atomic E-state index is 12.5. The van der Waals surface area contributed by atoms with Gasteiger partial charge in [-0.15, -0.1) is 0 Å². The zero-order valence-corrected chi connectivity index (χ0v) is 15.7. The number of carbonyl (C=O) groups is 1. The SMILES string of the molecule is COC1CSC(N)=N[C@]1(C)c1cc(NC(=O)c2cnc(CF)cn2)ccn1. The van der Waals surface area contributed by atoms with Crippen LogP contribution in [0.1, 0.15) is 28.8 Å². The van der Waals surface area contributed by atoms with Crippen molar-refractivity contribution in [3.63, 3.8) is 0 Å². The summed E-state index contributed by atoms with van der Waals surface area (Å²) in [5.41, 5.74) is 6.52. The highest BCUT2D eigenvalue weighted by Gasteiger charge is 2.40. The summed E-state index contributed by atoms with van der Waals surface area (Å²) in [6.07, 6.45) is 3.83. The summed E-state index contributed by atoms with van der Waals surface area (Å²) in [4.78, 5) is 29.0. The number of anilines is 1. The topological polar surface area (TPSA) is 115 Å². The number of aromatic nitrogens is 3. The zero-order valence-electron chi connectivity index (χ0n) is 14.8. The number of thioether (sulfide) groups is 1. The molecule has 0 radical (unpaired) electrons. The van der Waals surface area contributed by atoms with E-state index in [1.165, 1.54) is 24.2 Å². The first-order chi connectivity index (χ1) is 13.0. The third kappa shape index (κ3) is 4.06. The first kappa shape index (κ1) is 19.2. The molecule has 0 aliphatic carbocycles. The summed E-state index contributed by atoms with van der Waals surface area (Å²) in [5.74, 6) is 0.192. The normalized spacial score (nSPS) is 22.2. The van der Waals surface area contributed by atoms with Crippen LogP contribution in [0.5, 0.6) is 0 Å². The van der Waals surface area contributed by atoms with Crippen LogP contribution in [0.2, 0.25) is 0 Å². The molecule has 27 heavy (non-hydrogen) atoms. The van der Waals surface area contributed by atoms with Gasteiger partial charge in [0.1, 0.15) is 17.9 Å². The minimum atomic E-state index is -0.770. The molecule has 2 aromatic heterocycles. The molecular weight excluding hydrogens is 371 g/mol. The lowest BCUT2D eigenvalue weighted by Gasteiger charge is -2.36. The number of nitrogens with zero attached hydrogens (tertiary/aromatic N) is 4. The Hall–Kier alpha value is -2.59. The van der Waals surface area contributed by atoms with E-state index in [1.54, 1.807) is 25.4 Å². The second-order valence-electron chi connectivity index (χ2n) is 6.04. The van der Waals surface area contributed by atoms with E-state index >= 15 is 0 Å². The molecule has 1 unspecified atom stereocenters. The lowest BCUT2D eigenvalue weighted by atomic mass is 9.91. The molecule has 1 aliphatic rings. The minimum Gasteiger partial charge on any atom is -0.379 e. The molecule has 0 saturated heterocycles. The lowest BCUT2D eigenvalue weighted by molar-refractivity contribution is 0.0576. The van der Waals surface area contributed by atoms with Gasteiger partial charge in [0.05, 0.1) is 29.9 Å². The Bertz CT molecular complexity index is 863. The van der Waals surface area contributed by atoms with Crippen LogP contribution in [0.25, 0.3) is 0 Å². The molecule has 0 fully saturated rings. The second-order valence-corrected chi connectivity index (χ2v) is 7.08. The highest BCUT2D eigenvalue weighted by molar-refractivity contribution is 8.13. The molecule has 3 heterocycles. The smallest absolute Gasteiger partial charge is 0.275 e. The number of nitrogens with two attached hydrogens (primary N) is 1. The molecule has 2 aromatic rings. The van der Waals surface area contributed by atoms with Gasteiger partial charge in [0.25, 0.3) is 5.91 Å².